The third-order valence-corrected chi connectivity index (χ3v) is 1.21. The normalized spacial score (nSPS) is 5.62. The molecule has 136 valence electrons. The van der Waals surface area contributed by atoms with Gasteiger partial charge < -0.3 is 0 Å². The summed E-state index contributed by atoms with van der Waals surface area (Å²) in [5, 5.41) is 0. The molecule has 0 aliphatic carbocycles. The highest BCUT2D eigenvalue weighted by molar-refractivity contribution is 4.85. The first-order chi connectivity index (χ1) is 9.95. The maximum atomic E-state index is 9.62. The van der Waals surface area contributed by atoms with Gasteiger partial charge in [0.25, 0.3) is 0 Å². The summed E-state index contributed by atoms with van der Waals surface area (Å²) in [5.74, 6) is 0. The van der Waals surface area contributed by atoms with Gasteiger partial charge in [-0.3, -0.25) is 4.39 Å². The summed E-state index contributed by atoms with van der Waals surface area (Å²) >= 11 is 0. The Balaban J connectivity index is -0.0000000230. The van der Waals surface area contributed by atoms with Crippen molar-refractivity contribution in [3.63, 3.8) is 0 Å². The Labute approximate surface area is 134 Å². The number of hydrogen-bond donors (Lipinski definition) is 0. The first-order valence-electron chi connectivity index (χ1n) is 7.74. The first-order valence-corrected chi connectivity index (χ1v) is 7.74. The standard InChI is InChI=1S/2C5H10.3C2H6.CH2F2.CH3F/c2*1-4-5(2)3;3*1-2;2-1-3;1-2/h2*2,4H2,1,3H3;3*1-2H3;1H2;1H3. The van der Waals surface area contributed by atoms with Crippen LogP contribution in [0.5, 0.6) is 0 Å². The van der Waals surface area contributed by atoms with E-state index < -0.39 is 6.93 Å². The van der Waals surface area contributed by atoms with Crippen molar-refractivity contribution in [1.29, 1.82) is 0 Å². The Morgan fingerprint density at radius 1 is 0.667 bits per heavy atom. The maximum Gasteiger partial charge on any atom is 0.229 e. The van der Waals surface area contributed by atoms with Crippen LogP contribution in [-0.2, 0) is 0 Å². The van der Waals surface area contributed by atoms with Crippen LogP contribution < -0.4 is 0 Å². The third-order valence-electron chi connectivity index (χ3n) is 1.21. The summed E-state index contributed by atoms with van der Waals surface area (Å²) in [6.45, 7) is 25.9. The van der Waals surface area contributed by atoms with Crippen LogP contribution in [0.2, 0.25) is 0 Å². The molecule has 0 aromatic rings. The van der Waals surface area contributed by atoms with E-state index in [1.165, 1.54) is 11.1 Å². The fourth-order valence-electron chi connectivity index (χ4n) is 0. The zero-order valence-corrected chi connectivity index (χ0v) is 16.7. The van der Waals surface area contributed by atoms with Crippen molar-refractivity contribution in [1.82, 2.24) is 0 Å². The molecule has 0 aromatic carbocycles. The molecule has 0 spiro atoms. The summed E-state index contributed by atoms with van der Waals surface area (Å²) in [7, 11) is 0.500. The van der Waals surface area contributed by atoms with Crippen LogP contribution in [-0.4, -0.2) is 14.1 Å². The molecule has 0 radical (unpaired) electrons. The molecule has 0 bridgehead atoms. The van der Waals surface area contributed by atoms with Crippen molar-refractivity contribution >= 4 is 0 Å². The number of hydrogen-bond acceptors (Lipinski definition) is 0. The highest BCUT2D eigenvalue weighted by atomic mass is 19.3. The van der Waals surface area contributed by atoms with Crippen molar-refractivity contribution in [2.45, 2.75) is 82.1 Å². The van der Waals surface area contributed by atoms with Gasteiger partial charge in [-0.2, -0.15) is 0 Å². The van der Waals surface area contributed by atoms with Crippen LogP contribution in [0, 0.1) is 0 Å². The minimum Gasteiger partial charge on any atom is -0.255 e. The first kappa shape index (κ1) is 42.7. The quantitative estimate of drug-likeness (QED) is 0.448. The van der Waals surface area contributed by atoms with Gasteiger partial charge in [-0.1, -0.05) is 66.5 Å². The van der Waals surface area contributed by atoms with Crippen molar-refractivity contribution in [3.8, 4) is 0 Å². The molecule has 0 N–H and O–H groups in total. The van der Waals surface area contributed by atoms with Gasteiger partial charge in [0.15, 0.2) is 0 Å². The average molecular weight is 317 g/mol. The lowest BCUT2D eigenvalue weighted by atomic mass is 10.3. The van der Waals surface area contributed by atoms with Gasteiger partial charge in [0.2, 0.25) is 6.93 Å². The maximum absolute atomic E-state index is 9.62. The lowest BCUT2D eigenvalue weighted by Gasteiger charge is -1.79. The van der Waals surface area contributed by atoms with E-state index in [1.54, 1.807) is 0 Å². The summed E-state index contributed by atoms with van der Waals surface area (Å²) in [6, 6.07) is 0. The highest BCUT2D eigenvalue weighted by Gasteiger charge is 1.68. The number of halogens is 3. The van der Waals surface area contributed by atoms with Gasteiger partial charge in [0.05, 0.1) is 7.18 Å². The largest absolute Gasteiger partial charge is 0.255 e. The fourth-order valence-corrected chi connectivity index (χ4v) is 0. The topological polar surface area (TPSA) is 0 Å². The molecule has 0 saturated carbocycles. The lowest BCUT2D eigenvalue weighted by Crippen LogP contribution is -1.58. The van der Waals surface area contributed by atoms with Crippen LogP contribution in [0.15, 0.2) is 24.3 Å². The van der Waals surface area contributed by atoms with E-state index in [0.29, 0.717) is 7.18 Å². The molecule has 21 heavy (non-hydrogen) atoms. The van der Waals surface area contributed by atoms with Gasteiger partial charge in [-0.05, 0) is 26.7 Å². The van der Waals surface area contributed by atoms with E-state index in [9.17, 15) is 13.2 Å². The van der Waals surface area contributed by atoms with Gasteiger partial charge in [-0.25, -0.2) is 8.78 Å². The minimum atomic E-state index is -1.75. The van der Waals surface area contributed by atoms with Crippen LogP contribution in [0.1, 0.15) is 82.1 Å². The molecule has 0 saturated heterocycles. The molecule has 0 rings (SSSR count). The van der Waals surface area contributed by atoms with Crippen LogP contribution in [0.3, 0.4) is 0 Å². The molecular formula is C18H43F3. The van der Waals surface area contributed by atoms with E-state index in [4.69, 9.17) is 0 Å². The average Bonchev–Trinajstić information content (AvgIpc) is 2.56. The molecule has 0 unspecified atom stereocenters. The summed E-state index contributed by atoms with van der Waals surface area (Å²) in [5.41, 5.74) is 2.51. The van der Waals surface area contributed by atoms with Crippen molar-refractivity contribution < 1.29 is 13.2 Å². The molecule has 0 nitrogen and oxygen atoms in total. The Kier molecular flexibility index (Phi) is 191. The molecule has 0 amide bonds. The fraction of sp³-hybridized carbons (Fsp3) is 0.778. The van der Waals surface area contributed by atoms with E-state index in [-0.39, 0.29) is 0 Å². The number of alkyl halides is 3. The smallest absolute Gasteiger partial charge is 0.229 e. The predicted molar refractivity (Wildman–Crippen MR) is 98.4 cm³/mol. The second kappa shape index (κ2) is 94.0. The molecule has 3 heteroatoms. The lowest BCUT2D eigenvalue weighted by molar-refractivity contribution is 0.295. The molecule has 0 aliphatic heterocycles. The van der Waals surface area contributed by atoms with Crippen LogP contribution >= 0.6 is 0 Å². The van der Waals surface area contributed by atoms with E-state index in [0.717, 1.165) is 12.8 Å². The van der Waals surface area contributed by atoms with E-state index in [2.05, 4.69) is 27.0 Å². The summed E-state index contributed by atoms with van der Waals surface area (Å²) in [4.78, 5) is 0. The predicted octanol–water partition coefficient (Wildman–Crippen LogP) is 8.49. The van der Waals surface area contributed by atoms with Gasteiger partial charge in [0, 0.05) is 0 Å². The van der Waals surface area contributed by atoms with Crippen molar-refractivity contribution in [3.05, 3.63) is 24.3 Å². The SMILES string of the molecule is C=C(C)CC.C=C(C)CC.CC.CC.CC.CF.FCF. The molecule has 0 aliphatic rings. The number of allylic oxidation sites excluding steroid dienone is 2. The zero-order valence-electron chi connectivity index (χ0n) is 16.7. The summed E-state index contributed by atoms with van der Waals surface area (Å²) in [6.07, 6.45) is 2.22. The van der Waals surface area contributed by atoms with Crippen LogP contribution in [0.4, 0.5) is 13.2 Å². The zero-order chi connectivity index (χ0) is 19.3. The third kappa shape index (κ3) is 537. The van der Waals surface area contributed by atoms with E-state index >= 15 is 0 Å². The molecule has 0 atom stereocenters. The van der Waals surface area contributed by atoms with E-state index in [1.807, 2.05) is 55.4 Å². The van der Waals surface area contributed by atoms with Gasteiger partial charge >= 0.3 is 0 Å². The molecule has 0 aromatic heterocycles. The Bertz CT molecular complexity index is 108. The second-order valence-corrected chi connectivity index (χ2v) is 2.72. The van der Waals surface area contributed by atoms with Gasteiger partial charge in [0.1, 0.15) is 0 Å². The Morgan fingerprint density at radius 2 is 0.714 bits per heavy atom. The monoisotopic (exact) mass is 316 g/mol. The molecule has 0 fully saturated rings. The minimum absolute atomic E-state index is 0.500. The summed E-state index contributed by atoms with van der Waals surface area (Å²) < 4.78 is 28.8. The van der Waals surface area contributed by atoms with Crippen molar-refractivity contribution in [2.24, 2.45) is 0 Å². The molecule has 0 heterocycles. The second-order valence-electron chi connectivity index (χ2n) is 2.72. The Hall–Kier alpha value is -0.730. The molecular weight excluding hydrogens is 273 g/mol. The van der Waals surface area contributed by atoms with Crippen LogP contribution in [0.25, 0.3) is 0 Å². The van der Waals surface area contributed by atoms with Crippen molar-refractivity contribution in [2.75, 3.05) is 14.1 Å². The highest BCUT2D eigenvalue weighted by Crippen LogP contribution is 1.89. The Morgan fingerprint density at radius 3 is 0.714 bits per heavy atom. The number of rotatable bonds is 2. The van der Waals surface area contributed by atoms with Gasteiger partial charge in [-0.15, -0.1) is 13.2 Å².